The highest BCUT2D eigenvalue weighted by molar-refractivity contribution is 6.08. The Morgan fingerprint density at radius 2 is 1.89 bits per heavy atom. The van der Waals surface area contributed by atoms with Gasteiger partial charge in [0.25, 0.3) is 12.3 Å². The first-order chi connectivity index (χ1) is 30.1. The topological polar surface area (TPSA) is 186 Å². The third-order valence-electron chi connectivity index (χ3n) is 13.1. The number of benzene rings is 1. The van der Waals surface area contributed by atoms with E-state index in [4.69, 9.17) is 14.5 Å². The van der Waals surface area contributed by atoms with Crippen LogP contribution in [0.5, 0.6) is 0 Å². The molecule has 0 spiro atoms. The summed E-state index contributed by atoms with van der Waals surface area (Å²) in [6.45, 7) is 4.39. The molecule has 5 aliphatic rings. The lowest BCUT2D eigenvalue weighted by atomic mass is 9.85. The molecule has 3 N–H and O–H groups in total. The summed E-state index contributed by atoms with van der Waals surface area (Å²) in [6, 6.07) is 6.64. The van der Waals surface area contributed by atoms with Gasteiger partial charge in [-0.3, -0.25) is 28.9 Å². The van der Waals surface area contributed by atoms with E-state index < -0.39 is 35.7 Å². The molecule has 1 aromatic carbocycles. The summed E-state index contributed by atoms with van der Waals surface area (Å²) in [5.74, 6) is 6.01. The van der Waals surface area contributed by atoms with Gasteiger partial charge in [0.15, 0.2) is 11.3 Å². The number of imidazole rings is 1. The highest BCUT2D eigenvalue weighted by atomic mass is 19.3. The van der Waals surface area contributed by atoms with Crippen LogP contribution in [0.3, 0.4) is 0 Å². The van der Waals surface area contributed by atoms with Gasteiger partial charge in [0.05, 0.1) is 59.4 Å². The van der Waals surface area contributed by atoms with Gasteiger partial charge in [0, 0.05) is 45.0 Å². The van der Waals surface area contributed by atoms with E-state index >= 15 is 0 Å². The first kappa shape index (κ1) is 40.1. The molecule has 10 rings (SSSR count). The monoisotopic (exact) mass is 851 g/mol. The second kappa shape index (κ2) is 16.7. The Morgan fingerprint density at radius 1 is 1.05 bits per heavy atom. The number of fused-ring (bicyclic) bond motifs is 4. The van der Waals surface area contributed by atoms with Crippen LogP contribution in [0.1, 0.15) is 97.9 Å². The van der Waals surface area contributed by atoms with Crippen molar-refractivity contribution in [3.8, 4) is 11.8 Å². The number of alkyl halides is 2. The van der Waals surface area contributed by atoms with E-state index in [1.807, 2.05) is 12.1 Å². The molecule has 2 bridgehead atoms. The summed E-state index contributed by atoms with van der Waals surface area (Å²) in [7, 11) is 0. The zero-order valence-electron chi connectivity index (χ0n) is 34.0. The summed E-state index contributed by atoms with van der Waals surface area (Å²) in [6.07, 6.45) is 8.71. The number of aromatic amines is 1. The van der Waals surface area contributed by atoms with Gasteiger partial charge in [-0.1, -0.05) is 17.9 Å². The predicted octanol–water partition coefficient (Wildman–Crippen LogP) is 3.98. The number of carbonyl (C=O) groups excluding carboxylic acids is 3. The van der Waals surface area contributed by atoms with E-state index in [-0.39, 0.29) is 60.9 Å². The molecule has 324 valence electrons. The highest BCUT2D eigenvalue weighted by Crippen LogP contribution is 2.36. The fourth-order valence-corrected chi connectivity index (χ4v) is 9.90. The van der Waals surface area contributed by atoms with E-state index in [1.54, 1.807) is 23.0 Å². The Morgan fingerprint density at radius 3 is 2.65 bits per heavy atom. The lowest BCUT2D eigenvalue weighted by Gasteiger charge is -2.36. The molecule has 4 aromatic heterocycles. The number of imide groups is 1. The minimum Gasteiger partial charge on any atom is -0.374 e. The minimum atomic E-state index is -2.86. The number of morpholine rings is 1. The van der Waals surface area contributed by atoms with Crippen LogP contribution in [-0.4, -0.2) is 114 Å². The van der Waals surface area contributed by atoms with Gasteiger partial charge in [-0.05, 0) is 75.5 Å². The smallest absolute Gasteiger partial charge is 0.327 e. The molecule has 0 unspecified atom stereocenters. The second-order valence-corrected chi connectivity index (χ2v) is 17.0. The SMILES string of the molecule is O=C1CC[C@@H](n2c(=O)[nH]c3c(C#CCOC4CCN(CC5CCC(n6cc(NC(=O)c7cnn8ccc(N9C[C@H]%10C[C@@H]9CO%10)nc78)c(C(F)F)n6)CC5)CC4)cccc32)C(=O)N1. The maximum absolute atomic E-state index is 14.3. The van der Waals surface area contributed by atoms with E-state index in [2.05, 4.69) is 47.5 Å². The molecule has 4 aliphatic heterocycles. The number of anilines is 2. The number of nitrogens with one attached hydrogen (secondary N) is 3. The van der Waals surface area contributed by atoms with Gasteiger partial charge in [-0.15, -0.1) is 0 Å². The van der Waals surface area contributed by atoms with Crippen molar-refractivity contribution in [2.45, 2.75) is 94.5 Å². The largest absolute Gasteiger partial charge is 0.374 e. The summed E-state index contributed by atoms with van der Waals surface area (Å²) in [5.41, 5.74) is 1.38. The Balaban J connectivity index is 0.695. The van der Waals surface area contributed by atoms with Crippen LogP contribution in [-0.2, 0) is 19.1 Å². The van der Waals surface area contributed by atoms with Crippen LogP contribution < -0.4 is 21.2 Å². The first-order valence-corrected chi connectivity index (χ1v) is 21.5. The molecule has 3 amide bonds. The zero-order chi connectivity index (χ0) is 42.5. The number of para-hydroxylation sites is 1. The number of aromatic nitrogens is 7. The van der Waals surface area contributed by atoms with Gasteiger partial charge >= 0.3 is 5.69 Å². The normalized spacial score (nSPS) is 24.6. The highest BCUT2D eigenvalue weighted by Gasteiger charge is 2.40. The number of likely N-dealkylation sites (tertiary alicyclic amines) is 1. The van der Waals surface area contributed by atoms with Crippen LogP contribution in [0, 0.1) is 17.8 Å². The molecular weight excluding hydrogens is 805 g/mol. The molecule has 17 nitrogen and oxygen atoms in total. The quantitative estimate of drug-likeness (QED) is 0.136. The first-order valence-electron chi connectivity index (χ1n) is 21.5. The van der Waals surface area contributed by atoms with Gasteiger partial charge in [0.1, 0.15) is 24.0 Å². The Hall–Kier alpha value is -5.97. The van der Waals surface area contributed by atoms with Crippen LogP contribution in [0.25, 0.3) is 16.7 Å². The molecule has 19 heteroatoms. The Bertz CT molecular complexity index is 2650. The number of ether oxygens (including phenoxy) is 2. The number of hydrogen-bond acceptors (Lipinski definition) is 11. The number of piperidine rings is 2. The lowest BCUT2D eigenvalue weighted by molar-refractivity contribution is -0.135. The molecule has 5 fully saturated rings. The van der Waals surface area contributed by atoms with Crippen LogP contribution >= 0.6 is 0 Å². The van der Waals surface area contributed by atoms with Crippen LogP contribution in [0.2, 0.25) is 0 Å². The van der Waals surface area contributed by atoms with Gasteiger partial charge in [-0.25, -0.2) is 23.1 Å². The van der Waals surface area contributed by atoms with E-state index in [9.17, 15) is 28.0 Å². The number of hydrogen-bond donors (Lipinski definition) is 3. The second-order valence-electron chi connectivity index (χ2n) is 17.0. The van der Waals surface area contributed by atoms with E-state index in [1.165, 1.54) is 21.5 Å². The molecule has 8 heterocycles. The molecule has 1 saturated carbocycles. The maximum Gasteiger partial charge on any atom is 0.327 e. The average Bonchev–Trinajstić information content (AvgIpc) is 4.12. The van der Waals surface area contributed by atoms with Crippen molar-refractivity contribution >= 4 is 45.9 Å². The van der Waals surface area contributed by atoms with Crippen molar-refractivity contribution in [3.05, 3.63) is 70.2 Å². The number of carbonyl (C=O) groups is 3. The number of nitrogens with zero attached hydrogens (tertiary/aromatic N) is 8. The minimum absolute atomic E-state index is 0.0110. The van der Waals surface area contributed by atoms with Crippen molar-refractivity contribution < 1.29 is 32.6 Å². The van der Waals surface area contributed by atoms with Gasteiger partial charge < -0.3 is 29.6 Å². The Kier molecular flexibility index (Phi) is 10.8. The fraction of sp³-hybridized carbons (Fsp3) is 0.512. The lowest BCUT2D eigenvalue weighted by Crippen LogP contribution is -2.43. The van der Waals surface area contributed by atoms with Crippen molar-refractivity contribution in [2.24, 2.45) is 5.92 Å². The summed E-state index contributed by atoms with van der Waals surface area (Å²) < 4.78 is 44.9. The zero-order valence-corrected chi connectivity index (χ0v) is 34.0. The standard InChI is InChI=1S/C43H47F2N11O6/c44-39(45)38-32(47-41(58)31-20-46-54-17-14-35(48-40(31)54)53-22-30-19-28(53)24-62-30)23-55(51-38)27-8-6-25(7-9-27)21-52-15-12-29(13-16-52)61-18-2-4-26-3-1-5-33-37(26)50-43(60)56(33)34-10-11-36(57)49-42(34)59/h1,3,5,14,17,20,23,25,27-30,34,39H,6-13,15-16,18-19,21-22,24H2,(H,47,58)(H,50,60)(H,49,57,59)/t25?,27?,28-,30-,34-/m1/s1. The molecule has 1 aliphatic carbocycles. The summed E-state index contributed by atoms with van der Waals surface area (Å²) in [4.78, 5) is 62.7. The average molecular weight is 852 g/mol. The number of amides is 3. The molecule has 4 saturated heterocycles. The van der Waals surface area contributed by atoms with Crippen molar-refractivity contribution in [1.82, 2.24) is 44.1 Å². The van der Waals surface area contributed by atoms with Crippen molar-refractivity contribution in [2.75, 3.05) is 49.6 Å². The number of H-pyrrole nitrogens is 1. The van der Waals surface area contributed by atoms with Crippen LogP contribution in [0.15, 0.2) is 47.7 Å². The van der Waals surface area contributed by atoms with Crippen LogP contribution in [0.4, 0.5) is 20.3 Å². The maximum atomic E-state index is 14.3. The number of halogens is 2. The molecule has 0 radical (unpaired) electrons. The number of rotatable bonds is 10. The molecular formula is C43H47F2N11O6. The van der Waals surface area contributed by atoms with E-state index in [0.717, 1.165) is 76.9 Å². The van der Waals surface area contributed by atoms with Crippen molar-refractivity contribution in [1.29, 1.82) is 0 Å². The van der Waals surface area contributed by atoms with E-state index in [0.29, 0.717) is 34.8 Å². The fourth-order valence-electron chi connectivity index (χ4n) is 9.90. The molecule has 5 aromatic rings. The molecule has 3 atom stereocenters. The molecule has 62 heavy (non-hydrogen) atoms. The summed E-state index contributed by atoms with van der Waals surface area (Å²) >= 11 is 0. The van der Waals surface area contributed by atoms with Crippen molar-refractivity contribution in [3.63, 3.8) is 0 Å². The third kappa shape index (κ3) is 7.86. The third-order valence-corrected chi connectivity index (χ3v) is 13.1. The Labute approximate surface area is 354 Å². The van der Waals surface area contributed by atoms with Gasteiger partial charge in [0.2, 0.25) is 11.8 Å². The predicted molar refractivity (Wildman–Crippen MR) is 221 cm³/mol. The summed E-state index contributed by atoms with van der Waals surface area (Å²) in [5, 5.41) is 13.6. The van der Waals surface area contributed by atoms with Gasteiger partial charge in [-0.2, -0.15) is 10.2 Å².